The second-order valence-corrected chi connectivity index (χ2v) is 11.7. The van der Waals surface area contributed by atoms with Crippen molar-refractivity contribution in [3.63, 3.8) is 0 Å². The zero-order valence-electron chi connectivity index (χ0n) is 25.3. The van der Waals surface area contributed by atoms with E-state index in [2.05, 4.69) is 97.1 Å². The van der Waals surface area contributed by atoms with Crippen molar-refractivity contribution in [3.8, 4) is 79.0 Å². The summed E-state index contributed by atoms with van der Waals surface area (Å²) in [5.74, 6) is 3.73. The second-order valence-electron chi connectivity index (χ2n) is 11.7. The summed E-state index contributed by atoms with van der Waals surface area (Å²) in [5, 5.41) is 2.36. The first-order chi connectivity index (χ1) is 23.3. The molecule has 0 atom stereocenters. The minimum atomic E-state index is 0.643. The van der Waals surface area contributed by atoms with E-state index in [-0.39, 0.29) is 0 Å². The van der Waals surface area contributed by atoms with Crippen LogP contribution >= 0.6 is 0 Å². The highest BCUT2D eigenvalue weighted by Crippen LogP contribution is 2.47. The lowest BCUT2D eigenvalue weighted by Gasteiger charge is -2.22. The Hall–Kier alpha value is -6.39. The molecule has 1 aliphatic heterocycles. The number of rotatable bonds is 5. The molecule has 4 heteroatoms. The molecule has 47 heavy (non-hydrogen) atoms. The molecule has 0 amide bonds. The SMILES string of the molecule is c1ccc(-c2nc(-c3ccccc3)nc(-c3ccc(-c4cccc(-c5ccc6c(c5)Oc5cccc7cccc-6c57)c4)cc3)n2)cc1. The average molecular weight is 602 g/mol. The molecule has 0 saturated carbocycles. The molecule has 0 unspecified atom stereocenters. The predicted octanol–water partition coefficient (Wildman–Crippen LogP) is 11.1. The van der Waals surface area contributed by atoms with E-state index < -0.39 is 0 Å². The van der Waals surface area contributed by atoms with E-state index in [0.717, 1.165) is 56.0 Å². The number of benzene rings is 7. The van der Waals surface area contributed by atoms with Crippen LogP contribution in [0.25, 0.3) is 78.3 Å². The summed E-state index contributed by atoms with van der Waals surface area (Å²) >= 11 is 0. The molecule has 0 N–H and O–H groups in total. The van der Waals surface area contributed by atoms with Gasteiger partial charge >= 0.3 is 0 Å². The number of ether oxygens (including phenoxy) is 1. The molecule has 8 aromatic rings. The van der Waals surface area contributed by atoms with Gasteiger partial charge in [-0.2, -0.15) is 0 Å². The largest absolute Gasteiger partial charge is 0.456 e. The molecule has 1 aromatic heterocycles. The number of nitrogens with zero attached hydrogens (tertiary/aromatic N) is 3. The van der Waals surface area contributed by atoms with Gasteiger partial charge in [0.25, 0.3) is 0 Å². The van der Waals surface area contributed by atoms with Crippen LogP contribution in [0.15, 0.2) is 164 Å². The van der Waals surface area contributed by atoms with Crippen molar-refractivity contribution >= 4 is 10.8 Å². The minimum absolute atomic E-state index is 0.643. The third-order valence-electron chi connectivity index (χ3n) is 8.73. The van der Waals surface area contributed by atoms with Crippen LogP contribution in [0.2, 0.25) is 0 Å². The second kappa shape index (κ2) is 11.2. The maximum Gasteiger partial charge on any atom is 0.164 e. The molecule has 220 valence electrons. The van der Waals surface area contributed by atoms with E-state index in [1.807, 2.05) is 66.7 Å². The molecule has 9 rings (SSSR count). The molecule has 0 fully saturated rings. The van der Waals surface area contributed by atoms with Gasteiger partial charge in [-0.05, 0) is 57.5 Å². The third-order valence-corrected chi connectivity index (χ3v) is 8.73. The Balaban J connectivity index is 1.05. The molecule has 0 bridgehead atoms. The van der Waals surface area contributed by atoms with Crippen molar-refractivity contribution < 1.29 is 4.74 Å². The standard InChI is InChI=1S/C43H27N3O/c1-3-10-30(11-4-1)41-44-42(31-12-5-2-6-13-31)46-43(45-41)32-22-20-28(21-23-32)33-16-7-17-34(26-33)35-24-25-36-37-18-8-14-29-15-9-19-38(40(29)37)47-39(36)27-35/h1-27H. The fraction of sp³-hybridized carbons (Fsp3) is 0. The van der Waals surface area contributed by atoms with Gasteiger partial charge in [0.05, 0.1) is 0 Å². The smallest absolute Gasteiger partial charge is 0.164 e. The fourth-order valence-electron chi connectivity index (χ4n) is 6.37. The Morgan fingerprint density at radius 2 is 0.809 bits per heavy atom. The highest BCUT2D eigenvalue weighted by atomic mass is 16.5. The Labute approximate surface area is 272 Å². The predicted molar refractivity (Wildman–Crippen MR) is 190 cm³/mol. The lowest BCUT2D eigenvalue weighted by atomic mass is 9.92. The van der Waals surface area contributed by atoms with Crippen molar-refractivity contribution in [2.45, 2.75) is 0 Å². The topological polar surface area (TPSA) is 47.9 Å². The van der Waals surface area contributed by atoms with E-state index in [4.69, 9.17) is 19.7 Å². The summed E-state index contributed by atoms with van der Waals surface area (Å²) in [5.41, 5.74) is 9.67. The number of fused-ring (bicyclic) bond motifs is 2. The van der Waals surface area contributed by atoms with E-state index in [9.17, 15) is 0 Å². The summed E-state index contributed by atoms with van der Waals surface area (Å²) < 4.78 is 6.44. The van der Waals surface area contributed by atoms with Crippen LogP contribution in [0.3, 0.4) is 0 Å². The zero-order chi connectivity index (χ0) is 31.2. The molecule has 7 aromatic carbocycles. The summed E-state index contributed by atoms with van der Waals surface area (Å²) in [6.07, 6.45) is 0. The fourth-order valence-corrected chi connectivity index (χ4v) is 6.37. The van der Waals surface area contributed by atoms with Crippen LogP contribution in [0.5, 0.6) is 11.5 Å². The van der Waals surface area contributed by atoms with Gasteiger partial charge in [-0.1, -0.05) is 140 Å². The molecular weight excluding hydrogens is 574 g/mol. The summed E-state index contributed by atoms with van der Waals surface area (Å²) in [6.45, 7) is 0. The Morgan fingerprint density at radius 3 is 1.47 bits per heavy atom. The first-order valence-corrected chi connectivity index (χ1v) is 15.7. The van der Waals surface area contributed by atoms with Gasteiger partial charge < -0.3 is 4.74 Å². The maximum absolute atomic E-state index is 6.44. The van der Waals surface area contributed by atoms with Gasteiger partial charge in [0.2, 0.25) is 0 Å². The number of hydrogen-bond acceptors (Lipinski definition) is 4. The van der Waals surface area contributed by atoms with Gasteiger partial charge in [-0.25, -0.2) is 15.0 Å². The van der Waals surface area contributed by atoms with E-state index in [0.29, 0.717) is 17.5 Å². The molecular formula is C43H27N3O. The highest BCUT2D eigenvalue weighted by molar-refractivity contribution is 6.04. The van der Waals surface area contributed by atoms with Crippen LogP contribution in [-0.4, -0.2) is 15.0 Å². The van der Waals surface area contributed by atoms with Crippen LogP contribution in [0.1, 0.15) is 0 Å². The molecule has 0 radical (unpaired) electrons. The van der Waals surface area contributed by atoms with Crippen molar-refractivity contribution in [2.24, 2.45) is 0 Å². The van der Waals surface area contributed by atoms with Gasteiger partial charge in [0.15, 0.2) is 17.5 Å². The molecule has 2 heterocycles. The van der Waals surface area contributed by atoms with Crippen molar-refractivity contribution in [1.82, 2.24) is 15.0 Å². The van der Waals surface area contributed by atoms with Crippen molar-refractivity contribution in [3.05, 3.63) is 164 Å². The van der Waals surface area contributed by atoms with Gasteiger partial charge in [0, 0.05) is 27.6 Å². The molecule has 0 spiro atoms. The van der Waals surface area contributed by atoms with Gasteiger partial charge in [-0.15, -0.1) is 0 Å². The lowest BCUT2D eigenvalue weighted by Crippen LogP contribution is -2.00. The van der Waals surface area contributed by atoms with Crippen LogP contribution in [-0.2, 0) is 0 Å². The zero-order valence-corrected chi connectivity index (χ0v) is 25.3. The van der Waals surface area contributed by atoms with Crippen LogP contribution < -0.4 is 4.74 Å². The minimum Gasteiger partial charge on any atom is -0.456 e. The molecule has 4 nitrogen and oxygen atoms in total. The van der Waals surface area contributed by atoms with E-state index >= 15 is 0 Å². The summed E-state index contributed by atoms with van der Waals surface area (Å²) in [7, 11) is 0. The average Bonchev–Trinajstić information content (AvgIpc) is 3.15. The monoisotopic (exact) mass is 601 g/mol. The van der Waals surface area contributed by atoms with Crippen LogP contribution in [0.4, 0.5) is 0 Å². The third kappa shape index (κ3) is 4.93. The molecule has 1 aliphatic rings. The Kier molecular flexibility index (Phi) is 6.43. The first kappa shape index (κ1) is 27.0. The quantitative estimate of drug-likeness (QED) is 0.197. The number of aromatic nitrogens is 3. The van der Waals surface area contributed by atoms with Crippen molar-refractivity contribution in [2.75, 3.05) is 0 Å². The van der Waals surface area contributed by atoms with Gasteiger partial charge in [0.1, 0.15) is 11.5 Å². The molecule has 0 saturated heterocycles. The normalized spacial score (nSPS) is 11.6. The van der Waals surface area contributed by atoms with Crippen molar-refractivity contribution in [1.29, 1.82) is 0 Å². The van der Waals surface area contributed by atoms with Crippen LogP contribution in [0, 0.1) is 0 Å². The first-order valence-electron chi connectivity index (χ1n) is 15.7. The number of hydrogen-bond donors (Lipinski definition) is 0. The Bertz CT molecular complexity index is 2360. The summed E-state index contributed by atoms with van der Waals surface area (Å²) in [6, 6.07) is 56.4. The Morgan fingerprint density at radius 1 is 0.319 bits per heavy atom. The van der Waals surface area contributed by atoms with E-state index in [1.165, 1.54) is 16.3 Å². The molecule has 0 aliphatic carbocycles. The maximum atomic E-state index is 6.44. The van der Waals surface area contributed by atoms with E-state index in [1.54, 1.807) is 0 Å². The summed E-state index contributed by atoms with van der Waals surface area (Å²) in [4.78, 5) is 14.6. The highest BCUT2D eigenvalue weighted by Gasteiger charge is 2.20. The lowest BCUT2D eigenvalue weighted by molar-refractivity contribution is 0.487. The van der Waals surface area contributed by atoms with Gasteiger partial charge in [-0.3, -0.25) is 0 Å².